The van der Waals surface area contributed by atoms with Crippen LogP contribution in [0.15, 0.2) is 71.8 Å². The SMILES string of the molecule is O=C(Nc1cnc2ccc(C(=O)N3CCCC3)cn2c1=O)c1ccc2ccccc2c1. The Kier molecular flexibility index (Phi) is 4.71. The topological polar surface area (TPSA) is 83.8 Å². The number of nitrogens with zero attached hydrogens (tertiary/aromatic N) is 3. The Bertz CT molecular complexity index is 1390. The third kappa shape index (κ3) is 3.54. The number of amides is 2. The summed E-state index contributed by atoms with van der Waals surface area (Å²) in [4.78, 5) is 44.5. The average Bonchev–Trinajstić information content (AvgIpc) is 3.35. The highest BCUT2D eigenvalue weighted by Crippen LogP contribution is 2.17. The van der Waals surface area contributed by atoms with Crippen LogP contribution in [0.3, 0.4) is 0 Å². The summed E-state index contributed by atoms with van der Waals surface area (Å²) >= 11 is 0. The summed E-state index contributed by atoms with van der Waals surface area (Å²) in [6.45, 7) is 1.46. The highest BCUT2D eigenvalue weighted by molar-refractivity contribution is 6.06. The van der Waals surface area contributed by atoms with Crippen molar-refractivity contribution in [1.29, 1.82) is 0 Å². The second-order valence-corrected chi connectivity index (χ2v) is 7.64. The average molecular weight is 412 g/mol. The molecule has 1 N–H and O–H groups in total. The molecule has 5 rings (SSSR count). The van der Waals surface area contributed by atoms with Gasteiger partial charge in [0.05, 0.1) is 11.8 Å². The lowest BCUT2D eigenvalue weighted by Gasteiger charge is -2.15. The van der Waals surface area contributed by atoms with Crippen LogP contribution in [0.2, 0.25) is 0 Å². The van der Waals surface area contributed by atoms with Gasteiger partial charge in [0, 0.05) is 24.8 Å². The summed E-state index contributed by atoms with van der Waals surface area (Å²) < 4.78 is 1.30. The second-order valence-electron chi connectivity index (χ2n) is 7.64. The molecule has 0 bridgehead atoms. The summed E-state index contributed by atoms with van der Waals surface area (Å²) in [6.07, 6.45) is 4.83. The third-order valence-corrected chi connectivity index (χ3v) is 5.60. The lowest BCUT2D eigenvalue weighted by Crippen LogP contribution is -2.29. The van der Waals surface area contributed by atoms with Gasteiger partial charge in [-0.1, -0.05) is 30.3 Å². The Morgan fingerprint density at radius 1 is 0.903 bits per heavy atom. The van der Waals surface area contributed by atoms with E-state index < -0.39 is 11.5 Å². The number of anilines is 1. The van der Waals surface area contributed by atoms with E-state index >= 15 is 0 Å². The van der Waals surface area contributed by atoms with Crippen LogP contribution in [0, 0.1) is 0 Å². The largest absolute Gasteiger partial charge is 0.339 e. The maximum atomic E-state index is 13.0. The Labute approximate surface area is 177 Å². The van der Waals surface area contributed by atoms with Crippen LogP contribution in [0.1, 0.15) is 33.6 Å². The number of benzene rings is 2. The minimum atomic E-state index is -0.435. The molecule has 4 aromatic rings. The van der Waals surface area contributed by atoms with Crippen molar-refractivity contribution >= 4 is 33.9 Å². The molecule has 154 valence electrons. The predicted molar refractivity (Wildman–Crippen MR) is 119 cm³/mol. The second kappa shape index (κ2) is 7.68. The summed E-state index contributed by atoms with van der Waals surface area (Å²) in [7, 11) is 0. The molecule has 1 aliphatic heterocycles. The van der Waals surface area contributed by atoms with Gasteiger partial charge < -0.3 is 10.2 Å². The maximum absolute atomic E-state index is 13.0. The normalized spacial score (nSPS) is 13.6. The molecule has 3 heterocycles. The van der Waals surface area contributed by atoms with Crippen molar-refractivity contribution in [3.8, 4) is 0 Å². The van der Waals surface area contributed by atoms with Gasteiger partial charge in [-0.3, -0.25) is 18.8 Å². The first-order valence-corrected chi connectivity index (χ1v) is 10.2. The Morgan fingerprint density at radius 3 is 2.45 bits per heavy atom. The van der Waals surface area contributed by atoms with Crippen molar-refractivity contribution in [2.24, 2.45) is 0 Å². The fourth-order valence-electron chi connectivity index (χ4n) is 3.92. The van der Waals surface area contributed by atoms with Gasteiger partial charge in [-0.15, -0.1) is 0 Å². The Morgan fingerprint density at radius 2 is 1.65 bits per heavy atom. The molecular weight excluding hydrogens is 392 g/mol. The molecule has 2 amide bonds. The van der Waals surface area contributed by atoms with Gasteiger partial charge in [0.25, 0.3) is 17.4 Å². The van der Waals surface area contributed by atoms with Crippen molar-refractivity contribution in [2.75, 3.05) is 18.4 Å². The first-order chi connectivity index (χ1) is 15.1. The number of pyridine rings is 1. The van der Waals surface area contributed by atoms with E-state index in [1.165, 1.54) is 16.8 Å². The highest BCUT2D eigenvalue weighted by atomic mass is 16.2. The van der Waals surface area contributed by atoms with E-state index in [1.54, 1.807) is 29.2 Å². The number of nitrogens with one attached hydrogen (secondary N) is 1. The number of hydrogen-bond acceptors (Lipinski definition) is 4. The standard InChI is InChI=1S/C24H20N4O3/c29-22(18-8-7-16-5-1-2-6-17(16)13-18)26-20-14-25-21-10-9-19(15-28(21)24(20)31)23(30)27-11-3-4-12-27/h1-2,5-10,13-15H,3-4,11-12H2,(H,26,29). The van der Waals surface area contributed by atoms with E-state index in [4.69, 9.17) is 0 Å². The maximum Gasteiger partial charge on any atom is 0.281 e. The molecule has 1 fully saturated rings. The Balaban J connectivity index is 1.46. The van der Waals surface area contributed by atoms with Crippen molar-refractivity contribution in [3.63, 3.8) is 0 Å². The molecule has 31 heavy (non-hydrogen) atoms. The van der Waals surface area contributed by atoms with Crippen LogP contribution >= 0.6 is 0 Å². The first-order valence-electron chi connectivity index (χ1n) is 10.2. The van der Waals surface area contributed by atoms with E-state index in [-0.39, 0.29) is 11.6 Å². The number of aromatic nitrogens is 2. The summed E-state index contributed by atoms with van der Waals surface area (Å²) in [6, 6.07) is 16.4. The number of rotatable bonds is 3. The molecule has 1 saturated heterocycles. The zero-order valence-electron chi connectivity index (χ0n) is 16.7. The molecule has 0 atom stereocenters. The lowest BCUT2D eigenvalue weighted by atomic mass is 10.1. The van der Waals surface area contributed by atoms with E-state index in [0.29, 0.717) is 16.8 Å². The lowest BCUT2D eigenvalue weighted by molar-refractivity contribution is 0.0792. The fraction of sp³-hybridized carbons (Fsp3) is 0.167. The molecule has 7 nitrogen and oxygen atoms in total. The molecule has 0 unspecified atom stereocenters. The predicted octanol–water partition coefficient (Wildman–Crippen LogP) is 3.34. The first kappa shape index (κ1) is 19.0. The molecule has 2 aromatic carbocycles. The monoisotopic (exact) mass is 412 g/mol. The summed E-state index contributed by atoms with van der Waals surface area (Å²) in [5, 5.41) is 4.62. The van der Waals surface area contributed by atoms with E-state index in [2.05, 4.69) is 10.3 Å². The molecule has 7 heteroatoms. The van der Waals surface area contributed by atoms with Gasteiger partial charge >= 0.3 is 0 Å². The molecule has 0 spiro atoms. The highest BCUT2D eigenvalue weighted by Gasteiger charge is 2.20. The minimum Gasteiger partial charge on any atom is -0.339 e. The number of likely N-dealkylation sites (tertiary alicyclic amines) is 1. The van der Waals surface area contributed by atoms with Gasteiger partial charge in [0.2, 0.25) is 0 Å². The van der Waals surface area contributed by atoms with Crippen LogP contribution < -0.4 is 10.9 Å². The van der Waals surface area contributed by atoms with E-state index in [9.17, 15) is 14.4 Å². The number of hydrogen-bond donors (Lipinski definition) is 1. The quantitative estimate of drug-likeness (QED) is 0.559. The van der Waals surface area contributed by atoms with Crippen LogP contribution in [0.25, 0.3) is 16.4 Å². The summed E-state index contributed by atoms with van der Waals surface area (Å²) in [5.74, 6) is -0.495. The Hall–Kier alpha value is -4.00. The van der Waals surface area contributed by atoms with E-state index in [0.717, 1.165) is 36.7 Å². The molecule has 2 aromatic heterocycles. The van der Waals surface area contributed by atoms with Gasteiger partial charge in [-0.05, 0) is 47.9 Å². The van der Waals surface area contributed by atoms with Gasteiger partial charge in [-0.25, -0.2) is 4.98 Å². The van der Waals surface area contributed by atoms with Crippen molar-refractivity contribution in [1.82, 2.24) is 14.3 Å². The van der Waals surface area contributed by atoms with Crippen molar-refractivity contribution < 1.29 is 9.59 Å². The molecule has 0 radical (unpaired) electrons. The van der Waals surface area contributed by atoms with Crippen LogP contribution in [-0.4, -0.2) is 39.2 Å². The van der Waals surface area contributed by atoms with Gasteiger partial charge in [0.15, 0.2) is 0 Å². The van der Waals surface area contributed by atoms with Crippen LogP contribution in [0.4, 0.5) is 5.69 Å². The number of fused-ring (bicyclic) bond motifs is 2. The molecule has 1 aliphatic rings. The molecule has 0 aliphatic carbocycles. The third-order valence-electron chi connectivity index (χ3n) is 5.60. The molecule has 0 saturated carbocycles. The zero-order chi connectivity index (χ0) is 21.4. The van der Waals surface area contributed by atoms with E-state index in [1.807, 2.05) is 30.3 Å². The zero-order valence-corrected chi connectivity index (χ0v) is 16.7. The minimum absolute atomic E-state index is 0.0569. The summed E-state index contributed by atoms with van der Waals surface area (Å²) in [5.41, 5.74) is 0.904. The van der Waals surface area contributed by atoms with Gasteiger partial charge in [0.1, 0.15) is 11.3 Å². The molecular formula is C24H20N4O3. The fourth-order valence-corrected chi connectivity index (χ4v) is 3.92. The van der Waals surface area contributed by atoms with Crippen LogP contribution in [0.5, 0.6) is 0 Å². The number of carbonyl (C=O) groups excluding carboxylic acids is 2. The number of carbonyl (C=O) groups is 2. The smallest absolute Gasteiger partial charge is 0.281 e. The van der Waals surface area contributed by atoms with Gasteiger partial charge in [-0.2, -0.15) is 0 Å². The van der Waals surface area contributed by atoms with Crippen molar-refractivity contribution in [3.05, 3.63) is 88.5 Å². The van der Waals surface area contributed by atoms with Crippen LogP contribution in [-0.2, 0) is 0 Å². The van der Waals surface area contributed by atoms with Crippen molar-refractivity contribution in [2.45, 2.75) is 12.8 Å².